The highest BCUT2D eigenvalue weighted by Gasteiger charge is 2.30. The van der Waals surface area contributed by atoms with E-state index in [0.29, 0.717) is 12.1 Å². The Bertz CT molecular complexity index is 330. The molecule has 0 spiro atoms. The van der Waals surface area contributed by atoms with Crippen molar-refractivity contribution >= 4 is 0 Å². The summed E-state index contributed by atoms with van der Waals surface area (Å²) in [6, 6.07) is 11.8. The predicted octanol–water partition coefficient (Wildman–Crippen LogP) is 2.68. The number of aliphatic hydroxyl groups excluding tert-OH is 1. The molecule has 0 saturated heterocycles. The molecule has 1 aliphatic rings. The molecule has 2 N–H and O–H groups in total. The van der Waals surface area contributed by atoms with E-state index in [1.165, 1.54) is 18.4 Å². The van der Waals surface area contributed by atoms with Gasteiger partial charge in [-0.05, 0) is 44.6 Å². The summed E-state index contributed by atoms with van der Waals surface area (Å²) in [6.07, 6.45) is 3.09. The average Bonchev–Trinajstić information content (AvgIpc) is 2.23. The largest absolute Gasteiger partial charge is 0.393 e. The lowest BCUT2D eigenvalue weighted by molar-refractivity contribution is 0.159. The fraction of sp³-hybridized carbons (Fsp3) is 0.600. The maximum Gasteiger partial charge on any atom is 0.0526 e. The molecule has 0 amide bonds. The van der Waals surface area contributed by atoms with Gasteiger partial charge in [0.2, 0.25) is 0 Å². The van der Waals surface area contributed by atoms with Crippen LogP contribution >= 0.6 is 0 Å². The molecule has 2 rings (SSSR count). The van der Waals surface area contributed by atoms with E-state index in [0.717, 1.165) is 12.3 Å². The van der Waals surface area contributed by atoms with Crippen LogP contribution in [0.25, 0.3) is 0 Å². The Kier molecular flexibility index (Phi) is 4.19. The van der Waals surface area contributed by atoms with E-state index in [1.807, 2.05) is 6.92 Å². The second-order valence-corrected chi connectivity index (χ2v) is 5.43. The SMILES string of the molecule is CC(O)CC(C)NC1CC(c2ccccc2)C1. The summed E-state index contributed by atoms with van der Waals surface area (Å²) in [5.74, 6) is 0.729. The fourth-order valence-electron chi connectivity index (χ4n) is 2.73. The topological polar surface area (TPSA) is 32.3 Å². The minimum Gasteiger partial charge on any atom is -0.393 e. The first-order valence-corrected chi connectivity index (χ1v) is 6.64. The van der Waals surface area contributed by atoms with E-state index in [1.54, 1.807) is 0 Å². The van der Waals surface area contributed by atoms with E-state index < -0.39 is 0 Å². The maximum atomic E-state index is 9.32. The lowest BCUT2D eigenvalue weighted by Gasteiger charge is -2.38. The Hall–Kier alpha value is -0.860. The zero-order valence-electron chi connectivity index (χ0n) is 10.8. The Balaban J connectivity index is 1.72. The smallest absolute Gasteiger partial charge is 0.0526 e. The zero-order chi connectivity index (χ0) is 12.3. The molecule has 1 aromatic carbocycles. The lowest BCUT2D eigenvalue weighted by atomic mass is 9.75. The maximum absolute atomic E-state index is 9.32. The van der Waals surface area contributed by atoms with Crippen LogP contribution in [0.4, 0.5) is 0 Å². The second-order valence-electron chi connectivity index (χ2n) is 5.43. The van der Waals surface area contributed by atoms with Gasteiger partial charge in [-0.25, -0.2) is 0 Å². The van der Waals surface area contributed by atoms with Crippen LogP contribution in [0.2, 0.25) is 0 Å². The third-order valence-corrected chi connectivity index (χ3v) is 3.62. The first kappa shape index (κ1) is 12.6. The standard InChI is InChI=1S/C15H23NO/c1-11(8-12(2)17)16-15-9-14(10-15)13-6-4-3-5-7-13/h3-7,11-12,14-17H,8-10H2,1-2H3. The van der Waals surface area contributed by atoms with E-state index in [2.05, 4.69) is 42.6 Å². The molecule has 0 radical (unpaired) electrons. The van der Waals surface area contributed by atoms with Crippen molar-refractivity contribution < 1.29 is 5.11 Å². The predicted molar refractivity (Wildman–Crippen MR) is 71.1 cm³/mol. The highest BCUT2D eigenvalue weighted by Crippen LogP contribution is 2.36. The van der Waals surface area contributed by atoms with Gasteiger partial charge in [0.05, 0.1) is 6.10 Å². The van der Waals surface area contributed by atoms with Gasteiger partial charge in [-0.1, -0.05) is 30.3 Å². The number of nitrogens with one attached hydrogen (secondary N) is 1. The number of rotatable bonds is 5. The zero-order valence-corrected chi connectivity index (χ0v) is 10.8. The van der Waals surface area contributed by atoms with Crippen molar-refractivity contribution in [3.8, 4) is 0 Å². The van der Waals surface area contributed by atoms with Gasteiger partial charge in [0.15, 0.2) is 0 Å². The van der Waals surface area contributed by atoms with Gasteiger partial charge in [-0.2, -0.15) is 0 Å². The minimum absolute atomic E-state index is 0.206. The van der Waals surface area contributed by atoms with Gasteiger partial charge < -0.3 is 10.4 Å². The Morgan fingerprint density at radius 2 is 1.88 bits per heavy atom. The van der Waals surface area contributed by atoms with Crippen molar-refractivity contribution in [1.82, 2.24) is 5.32 Å². The molecule has 17 heavy (non-hydrogen) atoms. The Morgan fingerprint density at radius 3 is 2.47 bits per heavy atom. The van der Waals surface area contributed by atoms with Crippen LogP contribution < -0.4 is 5.32 Å². The van der Waals surface area contributed by atoms with Crippen molar-refractivity contribution in [3.63, 3.8) is 0 Å². The van der Waals surface area contributed by atoms with Crippen LogP contribution in [0.15, 0.2) is 30.3 Å². The van der Waals surface area contributed by atoms with Gasteiger partial charge in [0.1, 0.15) is 0 Å². The van der Waals surface area contributed by atoms with Gasteiger partial charge >= 0.3 is 0 Å². The molecule has 0 bridgehead atoms. The van der Waals surface area contributed by atoms with Gasteiger partial charge in [-0.15, -0.1) is 0 Å². The molecule has 1 fully saturated rings. The molecule has 1 aliphatic carbocycles. The number of hydrogen-bond donors (Lipinski definition) is 2. The summed E-state index contributed by atoms with van der Waals surface area (Å²) in [7, 11) is 0. The first-order chi connectivity index (χ1) is 8.15. The Morgan fingerprint density at radius 1 is 1.24 bits per heavy atom. The van der Waals surface area contributed by atoms with Crippen LogP contribution in [0, 0.1) is 0 Å². The molecule has 1 saturated carbocycles. The van der Waals surface area contributed by atoms with Gasteiger partial charge in [0, 0.05) is 12.1 Å². The molecule has 0 aliphatic heterocycles. The summed E-state index contributed by atoms with van der Waals surface area (Å²) in [5.41, 5.74) is 1.47. The third kappa shape index (κ3) is 3.55. The van der Waals surface area contributed by atoms with E-state index in [4.69, 9.17) is 0 Å². The normalized spacial score (nSPS) is 27.2. The highest BCUT2D eigenvalue weighted by atomic mass is 16.3. The molecule has 1 aromatic rings. The van der Waals surface area contributed by atoms with Crippen LogP contribution in [-0.4, -0.2) is 23.3 Å². The van der Waals surface area contributed by atoms with Crippen molar-refractivity contribution in [1.29, 1.82) is 0 Å². The second kappa shape index (κ2) is 5.65. The molecule has 94 valence electrons. The van der Waals surface area contributed by atoms with Crippen LogP contribution in [0.5, 0.6) is 0 Å². The van der Waals surface area contributed by atoms with Crippen molar-refractivity contribution in [2.75, 3.05) is 0 Å². The Labute approximate surface area is 104 Å². The van der Waals surface area contributed by atoms with Gasteiger partial charge in [-0.3, -0.25) is 0 Å². The number of hydrogen-bond acceptors (Lipinski definition) is 2. The summed E-state index contributed by atoms with van der Waals surface area (Å²) < 4.78 is 0. The van der Waals surface area contributed by atoms with E-state index in [9.17, 15) is 5.11 Å². The molecule has 2 unspecified atom stereocenters. The average molecular weight is 233 g/mol. The first-order valence-electron chi connectivity index (χ1n) is 6.64. The van der Waals surface area contributed by atoms with Crippen molar-refractivity contribution in [2.24, 2.45) is 0 Å². The molecule has 0 heterocycles. The molecule has 2 atom stereocenters. The molecule has 0 aromatic heterocycles. The fourth-order valence-corrected chi connectivity index (χ4v) is 2.73. The summed E-state index contributed by atoms with van der Waals surface area (Å²) >= 11 is 0. The van der Waals surface area contributed by atoms with Crippen molar-refractivity contribution in [3.05, 3.63) is 35.9 Å². The van der Waals surface area contributed by atoms with Crippen LogP contribution in [-0.2, 0) is 0 Å². The van der Waals surface area contributed by atoms with Crippen molar-refractivity contribution in [2.45, 2.75) is 57.2 Å². The van der Waals surface area contributed by atoms with Gasteiger partial charge in [0.25, 0.3) is 0 Å². The molecular weight excluding hydrogens is 210 g/mol. The monoisotopic (exact) mass is 233 g/mol. The quantitative estimate of drug-likeness (QED) is 0.819. The van der Waals surface area contributed by atoms with Crippen LogP contribution in [0.3, 0.4) is 0 Å². The summed E-state index contributed by atoms with van der Waals surface area (Å²) in [6.45, 7) is 4.01. The third-order valence-electron chi connectivity index (χ3n) is 3.62. The highest BCUT2D eigenvalue weighted by molar-refractivity contribution is 5.22. The van der Waals surface area contributed by atoms with Crippen LogP contribution in [0.1, 0.15) is 44.6 Å². The van der Waals surface area contributed by atoms with E-state index in [-0.39, 0.29) is 6.10 Å². The summed E-state index contributed by atoms with van der Waals surface area (Å²) in [4.78, 5) is 0. The molecular formula is C15H23NO. The summed E-state index contributed by atoms with van der Waals surface area (Å²) in [5, 5.41) is 12.9. The number of benzene rings is 1. The van der Waals surface area contributed by atoms with E-state index >= 15 is 0 Å². The lowest BCUT2D eigenvalue weighted by Crippen LogP contribution is -2.45. The number of aliphatic hydroxyl groups is 1. The molecule has 2 heteroatoms. The molecule has 2 nitrogen and oxygen atoms in total. The minimum atomic E-state index is -0.206.